The van der Waals surface area contributed by atoms with Crippen molar-refractivity contribution in [3.8, 4) is 16.5 Å². The molecule has 31 heavy (non-hydrogen) atoms. The molecular formula is C21H24N4O4S2. The topological polar surface area (TPSA) is 88.8 Å². The normalized spacial score (nSPS) is 18.2. The second kappa shape index (κ2) is 8.25. The summed E-state index contributed by atoms with van der Waals surface area (Å²) in [7, 11) is -1.92. The van der Waals surface area contributed by atoms with Crippen LogP contribution in [0.3, 0.4) is 0 Å². The fourth-order valence-corrected chi connectivity index (χ4v) is 6.65. The highest BCUT2D eigenvalue weighted by Gasteiger charge is 2.31. The Hall–Kier alpha value is -2.43. The predicted octanol–water partition coefficient (Wildman–Crippen LogP) is 3.59. The second-order valence-electron chi connectivity index (χ2n) is 7.78. The van der Waals surface area contributed by atoms with Crippen LogP contribution in [0.15, 0.2) is 45.0 Å². The summed E-state index contributed by atoms with van der Waals surface area (Å²) in [6, 6.07) is 11.2. The van der Waals surface area contributed by atoms with Gasteiger partial charge in [0.15, 0.2) is 0 Å². The lowest BCUT2D eigenvalue weighted by Gasteiger charge is -2.35. The highest BCUT2D eigenvalue weighted by molar-refractivity contribution is 7.91. The molecule has 0 bridgehead atoms. The van der Waals surface area contributed by atoms with E-state index in [1.54, 1.807) is 23.5 Å². The van der Waals surface area contributed by atoms with E-state index in [1.807, 2.05) is 24.3 Å². The summed E-state index contributed by atoms with van der Waals surface area (Å²) >= 11 is 1.18. The number of hydrogen-bond acceptors (Lipinski definition) is 8. The minimum atomic E-state index is -3.56. The standard InChI is InChI=1S/C21H24N4O4S2/c1-28-17-7-3-6-16(14-17)24-10-12-25(13-11-24)31(26,27)19-9-8-18(30-19)21-23-22-20(29-21)15-4-2-5-15/h3,6-9,14-15H,2,4-5,10-13H2,1H3. The summed E-state index contributed by atoms with van der Waals surface area (Å²) in [6.45, 7) is 2.11. The summed E-state index contributed by atoms with van der Waals surface area (Å²) < 4.78 is 39.3. The second-order valence-corrected chi connectivity index (χ2v) is 11.0. The van der Waals surface area contributed by atoms with Crippen LogP contribution in [0.5, 0.6) is 5.75 Å². The number of sulfonamides is 1. The average Bonchev–Trinajstić information content (AvgIpc) is 3.43. The number of anilines is 1. The van der Waals surface area contributed by atoms with Crippen molar-refractivity contribution in [1.29, 1.82) is 0 Å². The molecule has 2 fully saturated rings. The van der Waals surface area contributed by atoms with Crippen LogP contribution in [-0.4, -0.2) is 56.2 Å². The number of ether oxygens (including phenoxy) is 1. The van der Waals surface area contributed by atoms with Crippen molar-refractivity contribution in [3.05, 3.63) is 42.3 Å². The first kappa shape index (κ1) is 20.5. The summed E-state index contributed by atoms with van der Waals surface area (Å²) in [4.78, 5) is 2.86. The maximum absolute atomic E-state index is 13.2. The minimum Gasteiger partial charge on any atom is -0.497 e. The van der Waals surface area contributed by atoms with Crippen molar-refractivity contribution in [3.63, 3.8) is 0 Å². The number of methoxy groups -OCH3 is 1. The highest BCUT2D eigenvalue weighted by Crippen LogP contribution is 2.38. The third kappa shape index (κ3) is 3.95. The van der Waals surface area contributed by atoms with Gasteiger partial charge in [0.25, 0.3) is 15.9 Å². The van der Waals surface area contributed by atoms with Crippen molar-refractivity contribution in [1.82, 2.24) is 14.5 Å². The molecule has 164 valence electrons. The molecule has 0 atom stereocenters. The Bertz CT molecular complexity index is 1160. The first-order chi connectivity index (χ1) is 15.0. The monoisotopic (exact) mass is 460 g/mol. The number of nitrogens with zero attached hydrogens (tertiary/aromatic N) is 4. The van der Waals surface area contributed by atoms with E-state index in [9.17, 15) is 8.42 Å². The van der Waals surface area contributed by atoms with Gasteiger partial charge in [-0.25, -0.2) is 8.42 Å². The molecule has 1 aliphatic heterocycles. The molecule has 1 aromatic carbocycles. The fraction of sp³-hybridized carbons (Fsp3) is 0.429. The van der Waals surface area contributed by atoms with E-state index in [0.29, 0.717) is 53.0 Å². The average molecular weight is 461 g/mol. The maximum Gasteiger partial charge on any atom is 0.257 e. The van der Waals surface area contributed by atoms with Gasteiger partial charge in [-0.2, -0.15) is 4.31 Å². The largest absolute Gasteiger partial charge is 0.497 e. The lowest BCUT2D eigenvalue weighted by molar-refractivity contribution is 0.338. The van der Waals surface area contributed by atoms with Crippen molar-refractivity contribution in [2.75, 3.05) is 38.2 Å². The predicted molar refractivity (Wildman–Crippen MR) is 118 cm³/mol. The fourth-order valence-electron chi connectivity index (χ4n) is 3.85. The molecule has 8 nitrogen and oxygen atoms in total. The van der Waals surface area contributed by atoms with Crippen LogP contribution in [0.2, 0.25) is 0 Å². The Balaban J connectivity index is 1.27. The molecule has 2 aliphatic rings. The van der Waals surface area contributed by atoms with E-state index in [2.05, 4.69) is 15.1 Å². The molecule has 0 amide bonds. The number of rotatable bonds is 6. The van der Waals surface area contributed by atoms with Crippen molar-refractivity contribution in [2.24, 2.45) is 0 Å². The van der Waals surface area contributed by atoms with Gasteiger partial charge in [-0.05, 0) is 37.1 Å². The van der Waals surface area contributed by atoms with Crippen LogP contribution in [0.25, 0.3) is 10.8 Å². The molecule has 5 rings (SSSR count). The van der Waals surface area contributed by atoms with E-state index in [0.717, 1.165) is 24.3 Å². The van der Waals surface area contributed by atoms with Crippen LogP contribution >= 0.6 is 11.3 Å². The molecule has 1 saturated carbocycles. The molecule has 3 aromatic rings. The first-order valence-electron chi connectivity index (χ1n) is 10.4. The summed E-state index contributed by atoms with van der Waals surface area (Å²) in [5.74, 6) is 2.20. The van der Waals surface area contributed by atoms with E-state index < -0.39 is 10.0 Å². The SMILES string of the molecule is COc1cccc(N2CCN(S(=O)(=O)c3ccc(-c4nnc(C5CCC5)o4)s3)CC2)c1. The van der Waals surface area contributed by atoms with Crippen molar-refractivity contribution < 1.29 is 17.6 Å². The summed E-state index contributed by atoms with van der Waals surface area (Å²) in [5.41, 5.74) is 1.04. The zero-order chi connectivity index (χ0) is 21.4. The third-order valence-electron chi connectivity index (χ3n) is 5.94. The van der Waals surface area contributed by atoms with E-state index in [-0.39, 0.29) is 0 Å². The Morgan fingerprint density at radius 2 is 1.90 bits per heavy atom. The Kier molecular flexibility index (Phi) is 5.45. The molecule has 1 saturated heterocycles. The first-order valence-corrected chi connectivity index (χ1v) is 12.6. The molecule has 0 spiro atoms. The van der Waals surface area contributed by atoms with Gasteiger partial charge in [-0.1, -0.05) is 12.5 Å². The smallest absolute Gasteiger partial charge is 0.257 e. The number of hydrogen-bond donors (Lipinski definition) is 0. The maximum atomic E-state index is 13.2. The molecule has 1 aliphatic carbocycles. The molecule has 3 heterocycles. The number of aromatic nitrogens is 2. The Labute approximate surface area is 185 Å². The van der Waals surface area contributed by atoms with Crippen LogP contribution < -0.4 is 9.64 Å². The molecular weight excluding hydrogens is 436 g/mol. The van der Waals surface area contributed by atoms with Gasteiger partial charge in [0.2, 0.25) is 5.89 Å². The highest BCUT2D eigenvalue weighted by atomic mass is 32.2. The third-order valence-corrected chi connectivity index (χ3v) is 9.38. The summed E-state index contributed by atoms with van der Waals surface area (Å²) in [6.07, 6.45) is 3.34. The van der Waals surface area contributed by atoms with Crippen LogP contribution in [0.1, 0.15) is 31.1 Å². The van der Waals surface area contributed by atoms with E-state index in [4.69, 9.17) is 9.15 Å². The van der Waals surface area contributed by atoms with Crippen LogP contribution in [0.4, 0.5) is 5.69 Å². The van der Waals surface area contributed by atoms with Crippen molar-refractivity contribution >= 4 is 27.0 Å². The van der Waals surface area contributed by atoms with Gasteiger partial charge in [-0.15, -0.1) is 21.5 Å². The van der Waals surface area contributed by atoms with Gasteiger partial charge in [-0.3, -0.25) is 0 Å². The van der Waals surface area contributed by atoms with Gasteiger partial charge in [0.05, 0.1) is 12.0 Å². The van der Waals surface area contributed by atoms with E-state index in [1.165, 1.54) is 17.8 Å². The number of benzene rings is 1. The molecule has 0 N–H and O–H groups in total. The lowest BCUT2D eigenvalue weighted by Crippen LogP contribution is -2.48. The molecule has 0 radical (unpaired) electrons. The molecule has 10 heteroatoms. The number of thiophene rings is 1. The zero-order valence-corrected chi connectivity index (χ0v) is 18.9. The van der Waals surface area contributed by atoms with Gasteiger partial charge in [0, 0.05) is 43.9 Å². The molecule has 2 aromatic heterocycles. The summed E-state index contributed by atoms with van der Waals surface area (Å²) in [5, 5.41) is 8.26. The minimum absolute atomic E-state index is 0.306. The van der Waals surface area contributed by atoms with Gasteiger partial charge in [0.1, 0.15) is 9.96 Å². The number of piperazine rings is 1. The van der Waals surface area contributed by atoms with Gasteiger partial charge >= 0.3 is 0 Å². The Morgan fingerprint density at radius 1 is 1.10 bits per heavy atom. The van der Waals surface area contributed by atoms with E-state index >= 15 is 0 Å². The zero-order valence-electron chi connectivity index (χ0n) is 17.2. The quantitative estimate of drug-likeness (QED) is 0.555. The van der Waals surface area contributed by atoms with Crippen LogP contribution in [-0.2, 0) is 10.0 Å². The van der Waals surface area contributed by atoms with Crippen molar-refractivity contribution in [2.45, 2.75) is 29.4 Å². The van der Waals surface area contributed by atoms with Crippen LogP contribution in [0, 0.1) is 0 Å². The molecule has 0 unspecified atom stereocenters. The Morgan fingerprint density at radius 3 is 2.61 bits per heavy atom. The lowest BCUT2D eigenvalue weighted by atomic mass is 9.85. The van der Waals surface area contributed by atoms with Gasteiger partial charge < -0.3 is 14.1 Å².